The lowest BCUT2D eigenvalue weighted by Crippen LogP contribution is -1.86. The maximum absolute atomic E-state index is 5.99. The first kappa shape index (κ1) is 14.0. The zero-order valence-electron chi connectivity index (χ0n) is 11.0. The number of rotatable bonds is 4. The van der Waals surface area contributed by atoms with E-state index in [2.05, 4.69) is 10.1 Å². The number of nitrogens with zero attached hydrogens (tertiary/aromatic N) is 2. The van der Waals surface area contributed by atoms with E-state index in [4.69, 9.17) is 21.9 Å². The first-order chi connectivity index (χ1) is 10.2. The highest BCUT2D eigenvalue weighted by molar-refractivity contribution is 7.98. The van der Waals surface area contributed by atoms with Crippen molar-refractivity contribution in [2.45, 2.75) is 10.6 Å². The summed E-state index contributed by atoms with van der Waals surface area (Å²) in [4.78, 5) is 5.39. The van der Waals surface area contributed by atoms with Crippen LogP contribution in [-0.2, 0) is 5.75 Å². The van der Waals surface area contributed by atoms with E-state index in [1.54, 1.807) is 17.8 Å². The fourth-order valence-electron chi connectivity index (χ4n) is 1.76. The van der Waals surface area contributed by atoms with Crippen LogP contribution in [-0.4, -0.2) is 10.1 Å². The van der Waals surface area contributed by atoms with Gasteiger partial charge in [-0.25, -0.2) is 0 Å². The van der Waals surface area contributed by atoms with E-state index in [0.29, 0.717) is 28.2 Å². The first-order valence-electron chi connectivity index (χ1n) is 6.28. The van der Waals surface area contributed by atoms with Crippen molar-refractivity contribution in [2.75, 3.05) is 5.73 Å². The zero-order chi connectivity index (χ0) is 14.7. The number of aromatic nitrogens is 2. The van der Waals surface area contributed by atoms with Crippen molar-refractivity contribution in [3.8, 4) is 11.4 Å². The third-order valence-corrected chi connectivity index (χ3v) is 4.14. The van der Waals surface area contributed by atoms with Crippen molar-refractivity contribution >= 4 is 29.1 Å². The number of thioether (sulfide) groups is 1. The van der Waals surface area contributed by atoms with Crippen LogP contribution < -0.4 is 5.73 Å². The summed E-state index contributed by atoms with van der Waals surface area (Å²) < 4.78 is 5.26. The molecule has 0 bridgehead atoms. The fourth-order valence-corrected chi connectivity index (χ4v) is 2.78. The standard InChI is InChI=1S/C15H12ClN3OS/c16-12-8-11(6-7-13(12)17)21-9-14-18-15(19-20-14)10-4-2-1-3-5-10/h1-8H,9,17H2. The molecule has 0 fully saturated rings. The van der Waals surface area contributed by atoms with Crippen molar-refractivity contribution < 1.29 is 4.52 Å². The molecule has 0 aliphatic rings. The van der Waals surface area contributed by atoms with Crippen molar-refractivity contribution in [1.29, 1.82) is 0 Å². The second kappa shape index (κ2) is 6.20. The van der Waals surface area contributed by atoms with Gasteiger partial charge in [-0.3, -0.25) is 0 Å². The number of hydrogen-bond acceptors (Lipinski definition) is 5. The Morgan fingerprint density at radius 2 is 1.95 bits per heavy atom. The molecule has 2 N–H and O–H groups in total. The summed E-state index contributed by atoms with van der Waals surface area (Å²) in [5.41, 5.74) is 7.19. The molecule has 0 unspecified atom stereocenters. The number of nitrogen functional groups attached to an aromatic ring is 1. The quantitative estimate of drug-likeness (QED) is 0.575. The molecule has 21 heavy (non-hydrogen) atoms. The highest BCUT2D eigenvalue weighted by Crippen LogP contribution is 2.28. The molecule has 0 atom stereocenters. The molecule has 0 spiro atoms. The molecule has 0 radical (unpaired) electrons. The van der Waals surface area contributed by atoms with Crippen molar-refractivity contribution in [3.63, 3.8) is 0 Å². The van der Waals surface area contributed by atoms with Crippen molar-refractivity contribution in [2.24, 2.45) is 0 Å². The number of anilines is 1. The first-order valence-corrected chi connectivity index (χ1v) is 7.64. The minimum Gasteiger partial charge on any atom is -0.398 e. The maximum atomic E-state index is 5.99. The van der Waals surface area contributed by atoms with Gasteiger partial charge in [0.15, 0.2) is 0 Å². The van der Waals surface area contributed by atoms with Crippen LogP contribution in [0.25, 0.3) is 11.4 Å². The second-order valence-electron chi connectivity index (χ2n) is 4.35. The highest BCUT2D eigenvalue weighted by Gasteiger charge is 2.09. The van der Waals surface area contributed by atoms with E-state index in [-0.39, 0.29) is 0 Å². The van der Waals surface area contributed by atoms with Gasteiger partial charge in [-0.1, -0.05) is 47.1 Å². The summed E-state index contributed by atoms with van der Waals surface area (Å²) >= 11 is 7.56. The van der Waals surface area contributed by atoms with Gasteiger partial charge in [0.2, 0.25) is 11.7 Å². The third kappa shape index (κ3) is 3.37. The normalized spacial score (nSPS) is 10.7. The fraction of sp³-hybridized carbons (Fsp3) is 0.0667. The Hall–Kier alpha value is -1.98. The van der Waals surface area contributed by atoms with Gasteiger partial charge in [-0.15, -0.1) is 11.8 Å². The molecule has 6 heteroatoms. The molecule has 0 amide bonds. The van der Waals surface area contributed by atoms with Crippen LogP contribution in [0.3, 0.4) is 0 Å². The summed E-state index contributed by atoms with van der Waals surface area (Å²) in [6.45, 7) is 0. The minimum absolute atomic E-state index is 0.551. The number of nitrogens with two attached hydrogens (primary N) is 1. The molecule has 0 saturated carbocycles. The molecule has 106 valence electrons. The van der Waals surface area contributed by atoms with Crippen LogP contribution in [0, 0.1) is 0 Å². The smallest absolute Gasteiger partial charge is 0.237 e. The predicted molar refractivity (Wildman–Crippen MR) is 85.2 cm³/mol. The largest absolute Gasteiger partial charge is 0.398 e. The maximum Gasteiger partial charge on any atom is 0.237 e. The van der Waals surface area contributed by atoms with Gasteiger partial charge >= 0.3 is 0 Å². The Balaban J connectivity index is 1.69. The SMILES string of the molecule is Nc1ccc(SCc2nc(-c3ccccc3)no2)cc1Cl. The van der Waals surface area contributed by atoms with E-state index in [0.717, 1.165) is 10.5 Å². The van der Waals surface area contributed by atoms with Crippen LogP contribution in [0.2, 0.25) is 5.02 Å². The molecular weight excluding hydrogens is 306 g/mol. The Labute approximate surface area is 131 Å². The Bertz CT molecular complexity index is 746. The van der Waals surface area contributed by atoms with Gasteiger partial charge in [0.1, 0.15) is 0 Å². The lowest BCUT2D eigenvalue weighted by molar-refractivity contribution is 0.391. The van der Waals surface area contributed by atoms with E-state index in [1.807, 2.05) is 42.5 Å². The third-order valence-electron chi connectivity index (χ3n) is 2.83. The van der Waals surface area contributed by atoms with Crippen LogP contribution in [0.15, 0.2) is 57.9 Å². The average Bonchev–Trinajstić information content (AvgIpc) is 2.98. The molecule has 1 heterocycles. The summed E-state index contributed by atoms with van der Waals surface area (Å²) in [5.74, 6) is 1.76. The van der Waals surface area contributed by atoms with Gasteiger partial charge in [0.25, 0.3) is 0 Å². The summed E-state index contributed by atoms with van der Waals surface area (Å²) in [5, 5.41) is 4.54. The Kier molecular flexibility index (Phi) is 4.13. The van der Waals surface area contributed by atoms with Crippen LogP contribution in [0.5, 0.6) is 0 Å². The molecule has 3 aromatic rings. The molecule has 3 rings (SSSR count). The molecule has 4 nitrogen and oxygen atoms in total. The summed E-state index contributed by atoms with van der Waals surface area (Å²) in [7, 11) is 0. The lowest BCUT2D eigenvalue weighted by Gasteiger charge is -2.01. The summed E-state index contributed by atoms with van der Waals surface area (Å²) in [6.07, 6.45) is 0. The van der Waals surface area contributed by atoms with E-state index in [9.17, 15) is 0 Å². The Morgan fingerprint density at radius 3 is 2.71 bits per heavy atom. The molecule has 2 aromatic carbocycles. The second-order valence-corrected chi connectivity index (χ2v) is 5.81. The van der Waals surface area contributed by atoms with E-state index < -0.39 is 0 Å². The van der Waals surface area contributed by atoms with Crippen LogP contribution >= 0.6 is 23.4 Å². The van der Waals surface area contributed by atoms with Crippen LogP contribution in [0.4, 0.5) is 5.69 Å². The van der Waals surface area contributed by atoms with Gasteiger partial charge in [0, 0.05) is 10.5 Å². The minimum atomic E-state index is 0.551. The lowest BCUT2D eigenvalue weighted by atomic mass is 10.2. The topological polar surface area (TPSA) is 64.9 Å². The molecule has 0 aliphatic carbocycles. The monoisotopic (exact) mass is 317 g/mol. The van der Waals surface area contributed by atoms with E-state index in [1.165, 1.54) is 0 Å². The predicted octanol–water partition coefficient (Wildman–Crippen LogP) is 4.26. The molecular formula is C15H12ClN3OS. The van der Waals surface area contributed by atoms with Gasteiger partial charge < -0.3 is 10.3 Å². The van der Waals surface area contributed by atoms with Crippen molar-refractivity contribution in [3.05, 3.63) is 59.4 Å². The average molecular weight is 318 g/mol. The van der Waals surface area contributed by atoms with Gasteiger partial charge in [-0.2, -0.15) is 4.98 Å². The Morgan fingerprint density at radius 1 is 1.14 bits per heavy atom. The summed E-state index contributed by atoms with van der Waals surface area (Å²) in [6, 6.07) is 15.3. The van der Waals surface area contributed by atoms with Crippen molar-refractivity contribution in [1.82, 2.24) is 10.1 Å². The molecule has 1 aromatic heterocycles. The number of halogens is 1. The molecule has 0 saturated heterocycles. The number of hydrogen-bond donors (Lipinski definition) is 1. The van der Waals surface area contributed by atoms with Gasteiger partial charge in [-0.05, 0) is 18.2 Å². The zero-order valence-corrected chi connectivity index (χ0v) is 12.6. The highest BCUT2D eigenvalue weighted by atomic mass is 35.5. The van der Waals surface area contributed by atoms with E-state index >= 15 is 0 Å². The number of benzene rings is 2. The van der Waals surface area contributed by atoms with Gasteiger partial charge in [0.05, 0.1) is 16.5 Å². The van der Waals surface area contributed by atoms with Crippen LogP contribution in [0.1, 0.15) is 5.89 Å². The molecule has 0 aliphatic heterocycles.